The van der Waals surface area contributed by atoms with Crippen LogP contribution < -0.4 is 5.32 Å². The van der Waals surface area contributed by atoms with Crippen LogP contribution in [0.5, 0.6) is 0 Å². The zero-order valence-corrected chi connectivity index (χ0v) is 14.6. The third kappa shape index (κ3) is 2.71. The first kappa shape index (κ1) is 15.7. The van der Waals surface area contributed by atoms with Crippen LogP contribution in [0.2, 0.25) is 0 Å². The van der Waals surface area contributed by atoms with Crippen molar-refractivity contribution in [2.75, 3.05) is 13.1 Å². The van der Waals surface area contributed by atoms with Crippen molar-refractivity contribution < 1.29 is 0 Å². The van der Waals surface area contributed by atoms with Crippen LogP contribution in [0.25, 0.3) is 11.1 Å². The molecule has 2 aromatic heterocycles. The van der Waals surface area contributed by atoms with Gasteiger partial charge in [0.15, 0.2) is 0 Å². The topological polar surface area (TPSA) is 41.0 Å². The maximum atomic E-state index is 4.50. The molecular formula is C22H22N4. The Morgan fingerprint density at radius 2 is 1.58 bits per heavy atom. The van der Waals surface area contributed by atoms with Crippen LogP contribution in [-0.4, -0.2) is 40.0 Å². The van der Waals surface area contributed by atoms with E-state index in [0.717, 1.165) is 25.3 Å². The Morgan fingerprint density at radius 1 is 0.846 bits per heavy atom. The Kier molecular flexibility index (Phi) is 4.00. The second-order valence-corrected chi connectivity index (χ2v) is 7.17. The molecule has 0 amide bonds. The molecule has 0 spiro atoms. The van der Waals surface area contributed by atoms with E-state index in [9.17, 15) is 0 Å². The van der Waals surface area contributed by atoms with Crippen LogP contribution in [0.15, 0.2) is 73.2 Å². The van der Waals surface area contributed by atoms with Crippen LogP contribution in [0.3, 0.4) is 0 Å². The molecule has 1 N–H and O–H groups in total. The molecule has 1 unspecified atom stereocenters. The van der Waals surface area contributed by atoms with Crippen molar-refractivity contribution in [2.45, 2.75) is 24.5 Å². The van der Waals surface area contributed by atoms with Gasteiger partial charge in [0.2, 0.25) is 0 Å². The molecule has 3 aromatic rings. The van der Waals surface area contributed by atoms with E-state index in [4.69, 9.17) is 0 Å². The molecule has 4 heterocycles. The molecule has 3 atom stereocenters. The number of aromatic nitrogens is 2. The number of fused-ring (bicyclic) bond motifs is 2. The average molecular weight is 342 g/mol. The number of piperidine rings is 1. The molecule has 2 fully saturated rings. The highest BCUT2D eigenvalue weighted by atomic mass is 15.3. The van der Waals surface area contributed by atoms with Gasteiger partial charge in [-0.1, -0.05) is 30.3 Å². The van der Waals surface area contributed by atoms with E-state index in [2.05, 4.69) is 68.7 Å². The Hall–Kier alpha value is -2.56. The van der Waals surface area contributed by atoms with Crippen molar-refractivity contribution in [3.8, 4) is 11.1 Å². The normalized spacial score (nSPS) is 24.8. The van der Waals surface area contributed by atoms with Crippen molar-refractivity contribution in [1.82, 2.24) is 20.2 Å². The summed E-state index contributed by atoms with van der Waals surface area (Å²) in [7, 11) is 0. The van der Waals surface area contributed by atoms with Gasteiger partial charge in [-0.25, -0.2) is 0 Å². The van der Waals surface area contributed by atoms with Crippen molar-refractivity contribution in [1.29, 1.82) is 0 Å². The maximum Gasteiger partial charge on any atom is 0.0544 e. The van der Waals surface area contributed by atoms with E-state index >= 15 is 0 Å². The molecule has 26 heavy (non-hydrogen) atoms. The number of hydrogen-bond donors (Lipinski definition) is 1. The smallest absolute Gasteiger partial charge is 0.0544 e. The monoisotopic (exact) mass is 342 g/mol. The van der Waals surface area contributed by atoms with Crippen LogP contribution in [0.1, 0.15) is 17.2 Å². The fourth-order valence-corrected chi connectivity index (χ4v) is 4.48. The lowest BCUT2D eigenvalue weighted by molar-refractivity contribution is -0.0491. The molecule has 0 saturated carbocycles. The fourth-order valence-electron chi connectivity index (χ4n) is 4.48. The van der Waals surface area contributed by atoms with E-state index in [1.54, 1.807) is 0 Å². The Balaban J connectivity index is 1.35. The van der Waals surface area contributed by atoms with Gasteiger partial charge in [-0.05, 0) is 41.0 Å². The molecule has 2 aliphatic rings. The quantitative estimate of drug-likeness (QED) is 0.791. The number of nitrogens with one attached hydrogen (secondary N) is 1. The SMILES string of the molecule is c1ccc(CN2[C@@H]3CNC[C@H]2C3c2ccc(-c3ccncc3)cc2)nc1. The van der Waals surface area contributed by atoms with Crippen LogP contribution in [0, 0.1) is 0 Å². The van der Waals surface area contributed by atoms with Gasteiger partial charge in [-0.15, -0.1) is 0 Å². The number of rotatable bonds is 4. The van der Waals surface area contributed by atoms with Crippen molar-refractivity contribution in [2.24, 2.45) is 0 Å². The summed E-state index contributed by atoms with van der Waals surface area (Å²) in [5.74, 6) is 0.617. The summed E-state index contributed by atoms with van der Waals surface area (Å²) >= 11 is 0. The molecule has 2 saturated heterocycles. The van der Waals surface area contributed by atoms with Gasteiger partial charge in [0, 0.05) is 56.2 Å². The van der Waals surface area contributed by atoms with Gasteiger partial charge in [0.1, 0.15) is 0 Å². The summed E-state index contributed by atoms with van der Waals surface area (Å²) in [5.41, 5.74) is 5.09. The minimum absolute atomic E-state index is 0.558. The predicted molar refractivity (Wildman–Crippen MR) is 103 cm³/mol. The van der Waals surface area contributed by atoms with E-state index in [1.807, 2.05) is 24.7 Å². The van der Waals surface area contributed by atoms with E-state index in [-0.39, 0.29) is 0 Å². The van der Waals surface area contributed by atoms with Gasteiger partial charge in [0.25, 0.3) is 0 Å². The van der Waals surface area contributed by atoms with E-state index < -0.39 is 0 Å². The number of pyridine rings is 2. The zero-order valence-electron chi connectivity index (χ0n) is 14.6. The van der Waals surface area contributed by atoms with Crippen molar-refractivity contribution in [3.63, 3.8) is 0 Å². The Bertz CT molecular complexity index is 852. The predicted octanol–water partition coefficient (Wildman–Crippen LogP) is 3.08. The van der Waals surface area contributed by atoms with Gasteiger partial charge >= 0.3 is 0 Å². The summed E-state index contributed by atoms with van der Waals surface area (Å²) < 4.78 is 0. The fraction of sp³-hybridized carbons (Fsp3) is 0.273. The largest absolute Gasteiger partial charge is 0.314 e. The van der Waals surface area contributed by atoms with Crippen LogP contribution in [0.4, 0.5) is 0 Å². The highest BCUT2D eigenvalue weighted by molar-refractivity contribution is 5.63. The van der Waals surface area contributed by atoms with Crippen LogP contribution >= 0.6 is 0 Å². The molecule has 4 nitrogen and oxygen atoms in total. The molecule has 1 aromatic carbocycles. The molecule has 130 valence electrons. The molecular weight excluding hydrogens is 320 g/mol. The molecule has 0 aliphatic carbocycles. The van der Waals surface area contributed by atoms with E-state index in [1.165, 1.54) is 16.7 Å². The minimum atomic E-state index is 0.558. The first-order chi connectivity index (χ1) is 12.9. The Labute approximate surface area is 153 Å². The summed E-state index contributed by atoms with van der Waals surface area (Å²) in [6.07, 6.45) is 5.58. The summed E-state index contributed by atoms with van der Waals surface area (Å²) in [6, 6.07) is 20.5. The maximum absolute atomic E-state index is 4.50. The molecule has 4 heteroatoms. The second kappa shape index (κ2) is 6.63. The number of nitrogens with zero attached hydrogens (tertiary/aromatic N) is 3. The van der Waals surface area contributed by atoms with Gasteiger partial charge in [-0.3, -0.25) is 14.9 Å². The second-order valence-electron chi connectivity index (χ2n) is 7.17. The first-order valence-electron chi connectivity index (χ1n) is 9.27. The summed E-state index contributed by atoms with van der Waals surface area (Å²) in [6.45, 7) is 3.06. The van der Waals surface area contributed by atoms with Crippen LogP contribution in [-0.2, 0) is 6.54 Å². The molecule has 2 bridgehead atoms. The molecule has 0 radical (unpaired) electrons. The third-order valence-corrected chi connectivity index (χ3v) is 5.77. The highest BCUT2D eigenvalue weighted by Gasteiger charge is 2.51. The minimum Gasteiger partial charge on any atom is -0.314 e. The lowest BCUT2D eigenvalue weighted by atomic mass is 9.72. The summed E-state index contributed by atoms with van der Waals surface area (Å²) in [5, 5.41) is 3.57. The number of hydrogen-bond acceptors (Lipinski definition) is 4. The van der Waals surface area contributed by atoms with Gasteiger partial charge in [-0.2, -0.15) is 0 Å². The number of benzene rings is 1. The molecule has 5 rings (SSSR count). The lowest BCUT2D eigenvalue weighted by Crippen LogP contribution is -2.72. The average Bonchev–Trinajstić information content (AvgIpc) is 2.73. The van der Waals surface area contributed by atoms with Gasteiger partial charge < -0.3 is 5.32 Å². The third-order valence-electron chi connectivity index (χ3n) is 5.77. The molecule has 2 aliphatic heterocycles. The van der Waals surface area contributed by atoms with Crippen molar-refractivity contribution in [3.05, 3.63) is 84.4 Å². The van der Waals surface area contributed by atoms with E-state index in [0.29, 0.717) is 18.0 Å². The standard InChI is InChI=1S/C22H22N4/c1-2-10-25-19(3-1)15-26-20-13-24-14-21(26)22(20)18-6-4-16(5-7-18)17-8-11-23-12-9-17/h1-12,20-22,24H,13-15H2/t20-,21+,22?. The van der Waals surface area contributed by atoms with Crippen molar-refractivity contribution >= 4 is 0 Å². The first-order valence-corrected chi connectivity index (χ1v) is 9.27. The lowest BCUT2D eigenvalue weighted by Gasteiger charge is -2.59. The number of piperazine rings is 1. The summed E-state index contributed by atoms with van der Waals surface area (Å²) in [4.78, 5) is 11.2. The highest BCUT2D eigenvalue weighted by Crippen LogP contribution is 2.43. The van der Waals surface area contributed by atoms with Gasteiger partial charge in [0.05, 0.1) is 5.69 Å². The Morgan fingerprint density at radius 3 is 2.27 bits per heavy atom. The zero-order chi connectivity index (χ0) is 17.3.